The molecule has 0 saturated heterocycles. The molecular weight excluding hydrogens is 358 g/mol. The predicted octanol–water partition coefficient (Wildman–Crippen LogP) is 3.64. The van der Waals surface area contributed by atoms with Crippen molar-refractivity contribution < 1.29 is 4.74 Å². The van der Waals surface area contributed by atoms with Gasteiger partial charge in [0.05, 0.1) is 7.11 Å². The van der Waals surface area contributed by atoms with Crippen LogP contribution >= 0.6 is 15.9 Å². The van der Waals surface area contributed by atoms with E-state index in [0.717, 1.165) is 15.7 Å². The fourth-order valence-corrected chi connectivity index (χ4v) is 2.45. The number of nitrogens with zero attached hydrogens (tertiary/aromatic N) is 3. The summed E-state index contributed by atoms with van der Waals surface area (Å²) in [5.74, 6) is 1.69. The number of rotatable bonds is 4. The van der Waals surface area contributed by atoms with Crippen molar-refractivity contribution in [2.75, 3.05) is 18.2 Å². The molecule has 0 spiro atoms. The van der Waals surface area contributed by atoms with Crippen LogP contribution in [0.5, 0.6) is 5.75 Å². The summed E-state index contributed by atoms with van der Waals surface area (Å²) in [7, 11) is 1.61. The summed E-state index contributed by atoms with van der Waals surface area (Å²) in [5, 5.41) is 3.11. The third kappa shape index (κ3) is 3.57. The van der Waals surface area contributed by atoms with E-state index < -0.39 is 0 Å². The number of anilines is 3. The van der Waals surface area contributed by atoms with E-state index in [1.807, 2.05) is 48.5 Å². The molecule has 0 amide bonds. The molecule has 0 unspecified atom stereocenters. The van der Waals surface area contributed by atoms with Crippen molar-refractivity contribution in [1.82, 2.24) is 15.0 Å². The SMILES string of the molecule is COc1ccc(Br)c(-c2nc(N)nc(Nc3ccccc3)n2)c1. The molecule has 0 aliphatic heterocycles. The summed E-state index contributed by atoms with van der Waals surface area (Å²) in [6.45, 7) is 0. The van der Waals surface area contributed by atoms with Crippen molar-refractivity contribution in [2.24, 2.45) is 0 Å². The van der Waals surface area contributed by atoms with E-state index >= 15 is 0 Å². The maximum atomic E-state index is 5.82. The van der Waals surface area contributed by atoms with Gasteiger partial charge in [0.2, 0.25) is 11.9 Å². The van der Waals surface area contributed by atoms with Crippen molar-refractivity contribution in [2.45, 2.75) is 0 Å². The van der Waals surface area contributed by atoms with Gasteiger partial charge in [-0.3, -0.25) is 0 Å². The summed E-state index contributed by atoms with van der Waals surface area (Å²) in [6, 6.07) is 15.2. The zero-order chi connectivity index (χ0) is 16.2. The minimum absolute atomic E-state index is 0.142. The Morgan fingerprint density at radius 2 is 1.83 bits per heavy atom. The minimum Gasteiger partial charge on any atom is -0.497 e. The van der Waals surface area contributed by atoms with Crippen LogP contribution in [-0.2, 0) is 0 Å². The summed E-state index contributed by atoms with van der Waals surface area (Å²) in [6.07, 6.45) is 0. The van der Waals surface area contributed by atoms with Gasteiger partial charge in [-0.25, -0.2) is 0 Å². The Hall–Kier alpha value is -2.67. The van der Waals surface area contributed by atoms with Gasteiger partial charge < -0.3 is 15.8 Å². The number of nitrogens with two attached hydrogens (primary N) is 1. The van der Waals surface area contributed by atoms with Crippen molar-refractivity contribution >= 4 is 33.5 Å². The molecule has 0 aliphatic rings. The standard InChI is InChI=1S/C16H14BrN5O/c1-23-11-7-8-13(17)12(9-11)14-20-15(18)22-16(21-14)19-10-5-3-2-4-6-10/h2-9H,1H3,(H3,18,19,20,21,22). The summed E-state index contributed by atoms with van der Waals surface area (Å²) < 4.78 is 6.09. The monoisotopic (exact) mass is 371 g/mol. The van der Waals surface area contributed by atoms with Crippen molar-refractivity contribution in [1.29, 1.82) is 0 Å². The van der Waals surface area contributed by atoms with Crippen LogP contribution in [0.4, 0.5) is 17.6 Å². The molecule has 3 aromatic rings. The van der Waals surface area contributed by atoms with Gasteiger partial charge >= 0.3 is 0 Å². The summed E-state index contributed by atoms with van der Waals surface area (Å²) in [5.41, 5.74) is 7.46. The number of nitrogen functional groups attached to an aromatic ring is 1. The maximum Gasteiger partial charge on any atom is 0.232 e. The van der Waals surface area contributed by atoms with Gasteiger partial charge in [0.1, 0.15) is 5.75 Å². The van der Waals surface area contributed by atoms with E-state index in [0.29, 0.717) is 17.5 Å². The minimum atomic E-state index is 0.142. The highest BCUT2D eigenvalue weighted by molar-refractivity contribution is 9.10. The van der Waals surface area contributed by atoms with Crippen molar-refractivity contribution in [3.8, 4) is 17.1 Å². The first-order valence-corrected chi connectivity index (χ1v) is 7.62. The molecule has 7 heteroatoms. The second kappa shape index (κ2) is 6.62. The van der Waals surface area contributed by atoms with Crippen molar-refractivity contribution in [3.63, 3.8) is 0 Å². The van der Waals surface area contributed by atoms with Crippen LogP contribution in [0.3, 0.4) is 0 Å². The molecule has 0 saturated carbocycles. The Balaban J connectivity index is 2.01. The second-order valence-corrected chi connectivity index (χ2v) is 5.53. The van der Waals surface area contributed by atoms with Gasteiger partial charge in [0.15, 0.2) is 5.82 Å². The van der Waals surface area contributed by atoms with Crippen LogP contribution in [0.15, 0.2) is 53.0 Å². The van der Waals surface area contributed by atoms with Gasteiger partial charge in [-0.05, 0) is 30.3 Å². The fourth-order valence-electron chi connectivity index (χ4n) is 2.02. The summed E-state index contributed by atoms with van der Waals surface area (Å²) in [4.78, 5) is 12.8. The fraction of sp³-hybridized carbons (Fsp3) is 0.0625. The zero-order valence-corrected chi connectivity index (χ0v) is 13.9. The van der Waals surface area contributed by atoms with Gasteiger partial charge in [0, 0.05) is 15.7 Å². The highest BCUT2D eigenvalue weighted by Gasteiger charge is 2.11. The highest BCUT2D eigenvalue weighted by Crippen LogP contribution is 2.30. The van der Waals surface area contributed by atoms with E-state index in [4.69, 9.17) is 10.5 Å². The predicted molar refractivity (Wildman–Crippen MR) is 93.7 cm³/mol. The van der Waals surface area contributed by atoms with E-state index in [9.17, 15) is 0 Å². The number of para-hydroxylation sites is 1. The maximum absolute atomic E-state index is 5.82. The normalized spacial score (nSPS) is 10.3. The molecule has 116 valence electrons. The zero-order valence-electron chi connectivity index (χ0n) is 12.3. The molecule has 1 heterocycles. The molecule has 23 heavy (non-hydrogen) atoms. The molecule has 0 atom stereocenters. The van der Waals surface area contributed by atoms with Gasteiger partial charge in [-0.1, -0.05) is 34.1 Å². The van der Waals surface area contributed by atoms with E-state index in [1.165, 1.54) is 0 Å². The Labute approximate surface area is 141 Å². The Bertz CT molecular complexity index is 826. The Kier molecular flexibility index (Phi) is 4.38. The van der Waals surface area contributed by atoms with Crippen LogP contribution < -0.4 is 15.8 Å². The number of aromatic nitrogens is 3. The van der Waals surface area contributed by atoms with Crippen LogP contribution in [0.2, 0.25) is 0 Å². The lowest BCUT2D eigenvalue weighted by atomic mass is 10.2. The molecule has 2 aromatic carbocycles. The third-order valence-electron chi connectivity index (χ3n) is 3.10. The first-order chi connectivity index (χ1) is 11.2. The lowest BCUT2D eigenvalue weighted by Gasteiger charge is -2.09. The molecule has 0 bridgehead atoms. The Morgan fingerprint density at radius 1 is 1.04 bits per heavy atom. The molecule has 1 aromatic heterocycles. The molecule has 3 N–H and O–H groups in total. The third-order valence-corrected chi connectivity index (χ3v) is 3.79. The second-order valence-electron chi connectivity index (χ2n) is 4.68. The van der Waals surface area contributed by atoms with Gasteiger partial charge in [0.25, 0.3) is 0 Å². The number of benzene rings is 2. The molecule has 0 fully saturated rings. The first kappa shape index (κ1) is 15.2. The average Bonchev–Trinajstić information content (AvgIpc) is 2.55. The van der Waals surface area contributed by atoms with Crippen LogP contribution in [0, 0.1) is 0 Å². The van der Waals surface area contributed by atoms with Crippen LogP contribution in [-0.4, -0.2) is 22.1 Å². The number of hydrogen-bond acceptors (Lipinski definition) is 6. The highest BCUT2D eigenvalue weighted by atomic mass is 79.9. The summed E-state index contributed by atoms with van der Waals surface area (Å²) >= 11 is 3.50. The average molecular weight is 372 g/mol. The smallest absolute Gasteiger partial charge is 0.232 e. The van der Waals surface area contributed by atoms with Gasteiger partial charge in [-0.15, -0.1) is 0 Å². The lowest BCUT2D eigenvalue weighted by Crippen LogP contribution is -2.05. The largest absolute Gasteiger partial charge is 0.497 e. The number of hydrogen-bond donors (Lipinski definition) is 2. The lowest BCUT2D eigenvalue weighted by molar-refractivity contribution is 0.415. The van der Waals surface area contributed by atoms with E-state index in [-0.39, 0.29) is 5.95 Å². The molecule has 0 aliphatic carbocycles. The number of ether oxygens (including phenoxy) is 1. The molecular formula is C16H14BrN5O. The quantitative estimate of drug-likeness (QED) is 0.727. The van der Waals surface area contributed by atoms with Crippen molar-refractivity contribution in [3.05, 3.63) is 53.0 Å². The molecule has 0 radical (unpaired) electrons. The number of halogens is 1. The number of nitrogens with one attached hydrogen (secondary N) is 1. The van der Waals surface area contributed by atoms with E-state index in [1.54, 1.807) is 7.11 Å². The first-order valence-electron chi connectivity index (χ1n) is 6.83. The Morgan fingerprint density at radius 3 is 2.57 bits per heavy atom. The van der Waals surface area contributed by atoms with E-state index in [2.05, 4.69) is 36.2 Å². The van der Waals surface area contributed by atoms with Crippen LogP contribution in [0.25, 0.3) is 11.4 Å². The topological polar surface area (TPSA) is 86.0 Å². The molecule has 3 rings (SSSR count). The molecule has 6 nitrogen and oxygen atoms in total. The van der Waals surface area contributed by atoms with Crippen LogP contribution in [0.1, 0.15) is 0 Å². The number of methoxy groups -OCH3 is 1. The van der Waals surface area contributed by atoms with Gasteiger partial charge in [-0.2, -0.15) is 15.0 Å².